The second-order valence-electron chi connectivity index (χ2n) is 3.25. The van der Waals surface area contributed by atoms with Gasteiger partial charge in [-0.2, -0.15) is 5.26 Å². The minimum Gasteiger partial charge on any atom is -0.440 e. The third kappa shape index (κ3) is 2.65. The SMILES string of the molecule is N#Cc1cccc(NC(=O)c2ccc(Cl)o2)c1. The molecule has 5 heteroatoms. The van der Waals surface area contributed by atoms with Crippen molar-refractivity contribution in [2.24, 2.45) is 0 Å². The van der Waals surface area contributed by atoms with Crippen LogP contribution in [-0.2, 0) is 0 Å². The van der Waals surface area contributed by atoms with Gasteiger partial charge in [0.2, 0.25) is 0 Å². The molecule has 1 heterocycles. The highest BCUT2D eigenvalue weighted by molar-refractivity contribution is 6.29. The summed E-state index contributed by atoms with van der Waals surface area (Å²) in [7, 11) is 0. The fraction of sp³-hybridized carbons (Fsp3) is 0. The van der Waals surface area contributed by atoms with Gasteiger partial charge >= 0.3 is 0 Å². The number of carbonyl (C=O) groups excluding carboxylic acids is 1. The molecule has 0 radical (unpaired) electrons. The maximum Gasteiger partial charge on any atom is 0.291 e. The third-order valence-corrected chi connectivity index (χ3v) is 2.25. The van der Waals surface area contributed by atoms with Gasteiger partial charge in [0.15, 0.2) is 11.0 Å². The standard InChI is InChI=1S/C12H7ClN2O2/c13-11-5-4-10(17-11)12(16)15-9-3-1-2-8(6-9)7-14/h1-6H,(H,15,16). The summed E-state index contributed by atoms with van der Waals surface area (Å²) in [6.07, 6.45) is 0. The molecule has 17 heavy (non-hydrogen) atoms. The van der Waals surface area contributed by atoms with Crippen LogP contribution in [0.5, 0.6) is 0 Å². The molecule has 0 saturated carbocycles. The zero-order valence-corrected chi connectivity index (χ0v) is 9.36. The van der Waals surface area contributed by atoms with Gasteiger partial charge in [0, 0.05) is 5.69 Å². The Morgan fingerprint density at radius 3 is 2.82 bits per heavy atom. The van der Waals surface area contributed by atoms with E-state index in [0.29, 0.717) is 11.3 Å². The van der Waals surface area contributed by atoms with E-state index in [1.165, 1.54) is 12.1 Å². The molecule has 1 aromatic heterocycles. The van der Waals surface area contributed by atoms with E-state index in [4.69, 9.17) is 21.3 Å². The lowest BCUT2D eigenvalue weighted by atomic mass is 10.2. The molecule has 4 nitrogen and oxygen atoms in total. The topological polar surface area (TPSA) is 66.0 Å². The second kappa shape index (κ2) is 4.73. The van der Waals surface area contributed by atoms with Crippen molar-refractivity contribution < 1.29 is 9.21 Å². The number of benzene rings is 1. The maximum absolute atomic E-state index is 11.7. The smallest absolute Gasteiger partial charge is 0.291 e. The van der Waals surface area contributed by atoms with Crippen molar-refractivity contribution in [3.63, 3.8) is 0 Å². The third-order valence-electron chi connectivity index (χ3n) is 2.05. The van der Waals surface area contributed by atoms with Crippen LogP contribution in [0.15, 0.2) is 40.8 Å². The summed E-state index contributed by atoms with van der Waals surface area (Å²) >= 11 is 5.57. The molecule has 84 valence electrons. The highest BCUT2D eigenvalue weighted by Crippen LogP contribution is 2.16. The van der Waals surface area contributed by atoms with Crippen molar-refractivity contribution in [2.75, 3.05) is 5.32 Å². The van der Waals surface area contributed by atoms with Crippen molar-refractivity contribution >= 4 is 23.2 Å². The molecule has 0 aliphatic rings. The van der Waals surface area contributed by atoms with E-state index in [-0.39, 0.29) is 11.0 Å². The van der Waals surface area contributed by atoms with Crippen LogP contribution in [0.3, 0.4) is 0 Å². The van der Waals surface area contributed by atoms with Crippen LogP contribution in [-0.4, -0.2) is 5.91 Å². The first-order chi connectivity index (χ1) is 8.19. The summed E-state index contributed by atoms with van der Waals surface area (Å²) in [5.41, 5.74) is 1.00. The van der Waals surface area contributed by atoms with Crippen LogP contribution in [0, 0.1) is 11.3 Å². The van der Waals surface area contributed by atoms with Crippen LogP contribution in [0.1, 0.15) is 16.1 Å². The Balaban J connectivity index is 2.16. The van der Waals surface area contributed by atoms with Crippen molar-refractivity contribution in [3.8, 4) is 6.07 Å². The van der Waals surface area contributed by atoms with E-state index < -0.39 is 5.91 Å². The fourth-order valence-corrected chi connectivity index (χ4v) is 1.44. The number of carbonyl (C=O) groups is 1. The van der Waals surface area contributed by atoms with E-state index in [1.54, 1.807) is 24.3 Å². The molecule has 0 saturated heterocycles. The molecule has 0 aliphatic heterocycles. The normalized spacial score (nSPS) is 9.65. The number of nitrogens with one attached hydrogen (secondary N) is 1. The summed E-state index contributed by atoms with van der Waals surface area (Å²) in [6.45, 7) is 0. The molecule has 1 amide bonds. The summed E-state index contributed by atoms with van der Waals surface area (Å²) in [4.78, 5) is 11.7. The highest BCUT2D eigenvalue weighted by Gasteiger charge is 2.10. The maximum atomic E-state index is 11.7. The molecule has 0 unspecified atom stereocenters. The first-order valence-corrected chi connectivity index (χ1v) is 5.13. The number of nitrogens with zero attached hydrogens (tertiary/aromatic N) is 1. The van der Waals surface area contributed by atoms with Crippen molar-refractivity contribution in [1.29, 1.82) is 5.26 Å². The number of hydrogen-bond donors (Lipinski definition) is 1. The number of anilines is 1. The van der Waals surface area contributed by atoms with Gasteiger partial charge in [0.25, 0.3) is 5.91 Å². The van der Waals surface area contributed by atoms with Gasteiger partial charge in [-0.3, -0.25) is 4.79 Å². The number of rotatable bonds is 2. The van der Waals surface area contributed by atoms with Crippen LogP contribution in [0.2, 0.25) is 5.22 Å². The molecule has 1 aromatic carbocycles. The lowest BCUT2D eigenvalue weighted by Crippen LogP contribution is -2.10. The van der Waals surface area contributed by atoms with Crippen molar-refractivity contribution in [2.45, 2.75) is 0 Å². The van der Waals surface area contributed by atoms with Crippen LogP contribution >= 0.6 is 11.6 Å². The van der Waals surface area contributed by atoms with E-state index in [2.05, 4.69) is 5.32 Å². The van der Waals surface area contributed by atoms with Gasteiger partial charge in [-0.15, -0.1) is 0 Å². The Bertz CT molecular complexity index is 599. The highest BCUT2D eigenvalue weighted by atomic mass is 35.5. The lowest BCUT2D eigenvalue weighted by molar-refractivity contribution is 0.0997. The molecule has 0 atom stereocenters. The van der Waals surface area contributed by atoms with Crippen LogP contribution < -0.4 is 5.32 Å². The number of furan rings is 1. The Labute approximate surface area is 102 Å². The molecule has 0 bridgehead atoms. The Morgan fingerprint density at radius 2 is 2.18 bits per heavy atom. The van der Waals surface area contributed by atoms with Gasteiger partial charge in [0.05, 0.1) is 11.6 Å². The summed E-state index contributed by atoms with van der Waals surface area (Å²) in [5.74, 6) is -0.288. The van der Waals surface area contributed by atoms with Crippen LogP contribution in [0.4, 0.5) is 5.69 Å². The first kappa shape index (κ1) is 11.2. The molecule has 1 N–H and O–H groups in total. The Hall–Kier alpha value is -2.25. The average molecular weight is 247 g/mol. The average Bonchev–Trinajstić information content (AvgIpc) is 2.76. The number of halogens is 1. The van der Waals surface area contributed by atoms with E-state index >= 15 is 0 Å². The van der Waals surface area contributed by atoms with E-state index in [1.807, 2.05) is 6.07 Å². The number of nitriles is 1. The molecule has 0 spiro atoms. The number of amides is 1. The minimum absolute atomic E-state index is 0.123. The van der Waals surface area contributed by atoms with Gasteiger partial charge < -0.3 is 9.73 Å². The predicted octanol–water partition coefficient (Wildman–Crippen LogP) is 3.06. The molecular formula is C12H7ClN2O2. The second-order valence-corrected chi connectivity index (χ2v) is 3.62. The Kier molecular flexibility index (Phi) is 3.12. The summed E-state index contributed by atoms with van der Waals surface area (Å²) < 4.78 is 4.96. The summed E-state index contributed by atoms with van der Waals surface area (Å²) in [5, 5.41) is 11.5. The molecule has 0 fully saturated rings. The van der Waals surface area contributed by atoms with Gasteiger partial charge in [0.1, 0.15) is 0 Å². The van der Waals surface area contributed by atoms with Crippen LogP contribution in [0.25, 0.3) is 0 Å². The molecule has 0 aliphatic carbocycles. The quantitative estimate of drug-likeness (QED) is 0.886. The lowest BCUT2D eigenvalue weighted by Gasteiger charge is -2.02. The Morgan fingerprint density at radius 1 is 1.35 bits per heavy atom. The molecular weight excluding hydrogens is 240 g/mol. The van der Waals surface area contributed by atoms with Crippen molar-refractivity contribution in [3.05, 3.63) is 52.9 Å². The molecule has 2 aromatic rings. The fourth-order valence-electron chi connectivity index (χ4n) is 1.30. The predicted molar refractivity (Wildman–Crippen MR) is 62.8 cm³/mol. The zero-order valence-electron chi connectivity index (χ0n) is 8.61. The largest absolute Gasteiger partial charge is 0.440 e. The minimum atomic E-state index is -0.410. The van der Waals surface area contributed by atoms with Gasteiger partial charge in [-0.1, -0.05) is 6.07 Å². The van der Waals surface area contributed by atoms with Gasteiger partial charge in [-0.05, 0) is 41.9 Å². The van der Waals surface area contributed by atoms with Crippen molar-refractivity contribution in [1.82, 2.24) is 0 Å². The number of hydrogen-bond acceptors (Lipinski definition) is 3. The summed E-state index contributed by atoms with van der Waals surface area (Å²) in [6, 6.07) is 11.5. The van der Waals surface area contributed by atoms with E-state index in [9.17, 15) is 4.79 Å². The van der Waals surface area contributed by atoms with E-state index in [0.717, 1.165) is 0 Å². The first-order valence-electron chi connectivity index (χ1n) is 4.76. The monoisotopic (exact) mass is 246 g/mol. The zero-order chi connectivity index (χ0) is 12.3. The van der Waals surface area contributed by atoms with Gasteiger partial charge in [-0.25, -0.2) is 0 Å². The molecule has 2 rings (SSSR count).